The minimum Gasteiger partial charge on any atom is -0.352 e. The minimum atomic E-state index is -4.19. The van der Waals surface area contributed by atoms with Crippen LogP contribution in [0.1, 0.15) is 31.4 Å². The van der Waals surface area contributed by atoms with Crippen LogP contribution >= 0.6 is 39.1 Å². The van der Waals surface area contributed by atoms with Gasteiger partial charge in [-0.25, -0.2) is 8.42 Å². The summed E-state index contributed by atoms with van der Waals surface area (Å²) in [5, 5.41) is 3.76. The molecule has 0 fully saturated rings. The van der Waals surface area contributed by atoms with Gasteiger partial charge in [0, 0.05) is 33.5 Å². The highest BCUT2D eigenvalue weighted by molar-refractivity contribution is 9.10. The number of hydrogen-bond donors (Lipinski definition) is 1. The number of rotatable bonds is 13. The van der Waals surface area contributed by atoms with E-state index < -0.39 is 28.5 Å². The molecule has 0 aliphatic rings. The summed E-state index contributed by atoms with van der Waals surface area (Å²) >= 11 is 16.1. The van der Waals surface area contributed by atoms with Crippen molar-refractivity contribution in [1.29, 1.82) is 0 Å². The third kappa shape index (κ3) is 9.10. The maximum absolute atomic E-state index is 14.5. The molecule has 2 atom stereocenters. The molecule has 0 spiro atoms. The number of nitrogens with zero attached hydrogens (tertiary/aromatic N) is 2. The molecule has 4 rings (SSSR count). The summed E-state index contributed by atoms with van der Waals surface area (Å²) in [5.41, 5.74) is 1.68. The van der Waals surface area contributed by atoms with Crippen LogP contribution in [0.5, 0.6) is 0 Å². The molecule has 4 aromatic rings. The Hall–Kier alpha value is -3.37. The molecule has 0 radical (unpaired) electrons. The second kappa shape index (κ2) is 15.8. The zero-order valence-corrected chi connectivity index (χ0v) is 28.8. The first kappa shape index (κ1) is 34.5. The second-order valence-electron chi connectivity index (χ2n) is 10.6. The number of amides is 2. The van der Waals surface area contributed by atoms with E-state index in [9.17, 15) is 18.0 Å². The molecule has 45 heavy (non-hydrogen) atoms. The number of hydrogen-bond acceptors (Lipinski definition) is 4. The van der Waals surface area contributed by atoms with Gasteiger partial charge < -0.3 is 10.2 Å². The Bertz CT molecular complexity index is 1730. The van der Waals surface area contributed by atoms with Gasteiger partial charge in [-0.1, -0.05) is 107 Å². The largest absolute Gasteiger partial charge is 0.352 e. The maximum atomic E-state index is 14.5. The van der Waals surface area contributed by atoms with Crippen LogP contribution in [-0.2, 0) is 32.6 Å². The number of sulfonamides is 1. The quantitative estimate of drug-likeness (QED) is 0.154. The van der Waals surface area contributed by atoms with Gasteiger partial charge in [-0.05, 0) is 66.9 Å². The predicted octanol–water partition coefficient (Wildman–Crippen LogP) is 7.51. The predicted molar refractivity (Wildman–Crippen MR) is 184 cm³/mol. The van der Waals surface area contributed by atoms with Crippen LogP contribution in [0.25, 0.3) is 0 Å². The number of anilines is 1. The van der Waals surface area contributed by atoms with Crippen LogP contribution in [0, 0.1) is 0 Å². The first-order valence-electron chi connectivity index (χ1n) is 14.4. The number of nitrogens with one attached hydrogen (secondary N) is 1. The third-order valence-corrected chi connectivity index (χ3v) is 10.2. The summed E-state index contributed by atoms with van der Waals surface area (Å²) in [6.07, 6.45) is 0.884. The average Bonchev–Trinajstić information content (AvgIpc) is 3.03. The highest BCUT2D eigenvalue weighted by Crippen LogP contribution is 2.28. The Balaban J connectivity index is 1.82. The zero-order valence-electron chi connectivity index (χ0n) is 24.9. The molecule has 236 valence electrons. The van der Waals surface area contributed by atoms with E-state index >= 15 is 0 Å². The Morgan fingerprint density at radius 1 is 0.889 bits per heavy atom. The molecule has 0 saturated carbocycles. The molecule has 0 bridgehead atoms. The Kier molecular flexibility index (Phi) is 12.1. The van der Waals surface area contributed by atoms with Gasteiger partial charge in [0.15, 0.2) is 0 Å². The monoisotopic (exact) mass is 729 g/mol. The van der Waals surface area contributed by atoms with Crippen molar-refractivity contribution in [3.8, 4) is 0 Å². The normalized spacial score (nSPS) is 12.6. The number of carbonyl (C=O) groups is 2. The summed E-state index contributed by atoms with van der Waals surface area (Å²) in [7, 11) is -4.19. The van der Waals surface area contributed by atoms with Crippen molar-refractivity contribution in [3.05, 3.63) is 129 Å². The van der Waals surface area contributed by atoms with Crippen LogP contribution in [-0.4, -0.2) is 43.8 Å². The molecule has 0 aromatic heterocycles. The molecule has 0 saturated heterocycles. The van der Waals surface area contributed by atoms with Gasteiger partial charge in [-0.3, -0.25) is 13.9 Å². The Labute approximate surface area is 283 Å². The average molecular weight is 732 g/mol. The van der Waals surface area contributed by atoms with Crippen LogP contribution in [0.3, 0.4) is 0 Å². The summed E-state index contributed by atoms with van der Waals surface area (Å²) < 4.78 is 29.8. The first-order chi connectivity index (χ1) is 21.5. The number of halogens is 3. The molecule has 7 nitrogen and oxygen atoms in total. The standard InChI is InChI=1S/C34H34BrCl2N3O4S/c1-3-24(2)38-34(42)32(19-25-11-6-4-7-12-25)39(22-26-17-18-28(36)21-31(26)37)33(41)23-40(29-14-10-13-27(35)20-29)45(43,44)30-15-8-5-9-16-30/h4-18,20-21,24,32H,3,19,22-23H2,1-2H3,(H,38,42)/t24-,32-/m0/s1. The molecule has 0 heterocycles. The van der Waals surface area contributed by atoms with Crippen molar-refractivity contribution < 1.29 is 18.0 Å². The lowest BCUT2D eigenvalue weighted by Crippen LogP contribution is -2.54. The minimum absolute atomic E-state index is 0.0282. The van der Waals surface area contributed by atoms with Gasteiger partial charge >= 0.3 is 0 Å². The van der Waals surface area contributed by atoms with Crippen LogP contribution < -0.4 is 9.62 Å². The lowest BCUT2D eigenvalue weighted by molar-refractivity contribution is -0.140. The topological polar surface area (TPSA) is 86.8 Å². The maximum Gasteiger partial charge on any atom is 0.264 e. The van der Waals surface area contributed by atoms with E-state index in [-0.39, 0.29) is 35.5 Å². The summed E-state index contributed by atoms with van der Waals surface area (Å²) in [4.78, 5) is 29.9. The third-order valence-electron chi connectivity index (χ3n) is 7.33. The summed E-state index contributed by atoms with van der Waals surface area (Å²) in [6, 6.07) is 27.8. The van der Waals surface area contributed by atoms with Crippen LogP contribution in [0.4, 0.5) is 5.69 Å². The SMILES string of the molecule is CC[C@H](C)NC(=O)[C@H](Cc1ccccc1)N(Cc1ccc(Cl)cc1Cl)C(=O)CN(c1cccc(Br)c1)S(=O)(=O)c1ccccc1. The zero-order chi connectivity index (χ0) is 32.6. The van der Waals surface area contributed by atoms with Crippen molar-refractivity contribution in [2.45, 2.75) is 50.2 Å². The molecule has 0 aliphatic heterocycles. The van der Waals surface area contributed by atoms with Gasteiger partial charge in [-0.15, -0.1) is 0 Å². The molecule has 4 aromatic carbocycles. The molecule has 11 heteroatoms. The molecule has 0 aliphatic carbocycles. The van der Waals surface area contributed by atoms with Crippen molar-refractivity contribution in [2.75, 3.05) is 10.8 Å². The Morgan fingerprint density at radius 2 is 1.56 bits per heavy atom. The summed E-state index contributed by atoms with van der Waals surface area (Å²) in [5.74, 6) is -0.938. The highest BCUT2D eigenvalue weighted by atomic mass is 79.9. The van der Waals surface area contributed by atoms with Gasteiger partial charge in [0.2, 0.25) is 11.8 Å². The van der Waals surface area contributed by atoms with Gasteiger partial charge in [-0.2, -0.15) is 0 Å². The lowest BCUT2D eigenvalue weighted by Gasteiger charge is -2.34. The van der Waals surface area contributed by atoms with Crippen molar-refractivity contribution >= 4 is 66.7 Å². The van der Waals surface area contributed by atoms with Crippen LogP contribution in [0.15, 0.2) is 112 Å². The second-order valence-corrected chi connectivity index (χ2v) is 14.2. The smallest absolute Gasteiger partial charge is 0.264 e. The first-order valence-corrected chi connectivity index (χ1v) is 17.4. The van der Waals surface area contributed by atoms with Gasteiger partial charge in [0.25, 0.3) is 10.0 Å². The summed E-state index contributed by atoms with van der Waals surface area (Å²) in [6.45, 7) is 3.22. The highest BCUT2D eigenvalue weighted by Gasteiger charge is 2.35. The van der Waals surface area contributed by atoms with E-state index in [2.05, 4.69) is 21.2 Å². The fourth-order valence-corrected chi connectivity index (χ4v) is 6.99. The van der Waals surface area contributed by atoms with E-state index in [0.29, 0.717) is 26.5 Å². The van der Waals surface area contributed by atoms with Crippen LogP contribution in [0.2, 0.25) is 10.0 Å². The fraction of sp³-hybridized carbons (Fsp3) is 0.235. The molecular weight excluding hydrogens is 697 g/mol. The molecular formula is C34H34BrCl2N3O4S. The van der Waals surface area contributed by atoms with Crippen molar-refractivity contribution in [2.24, 2.45) is 0 Å². The molecule has 1 N–H and O–H groups in total. The van der Waals surface area contributed by atoms with E-state index in [1.807, 2.05) is 44.2 Å². The van der Waals surface area contributed by atoms with E-state index in [1.54, 1.807) is 60.7 Å². The fourth-order valence-electron chi connectivity index (χ4n) is 4.71. The van der Waals surface area contributed by atoms with E-state index in [4.69, 9.17) is 23.2 Å². The lowest BCUT2D eigenvalue weighted by atomic mass is 10.0. The van der Waals surface area contributed by atoms with Crippen molar-refractivity contribution in [1.82, 2.24) is 10.2 Å². The molecule has 0 unspecified atom stereocenters. The van der Waals surface area contributed by atoms with Gasteiger partial charge in [0.05, 0.1) is 10.6 Å². The van der Waals surface area contributed by atoms with Crippen molar-refractivity contribution in [3.63, 3.8) is 0 Å². The number of carbonyl (C=O) groups excluding carboxylic acids is 2. The number of benzene rings is 4. The van der Waals surface area contributed by atoms with E-state index in [0.717, 1.165) is 9.87 Å². The van der Waals surface area contributed by atoms with Gasteiger partial charge in [0.1, 0.15) is 12.6 Å². The van der Waals surface area contributed by atoms with E-state index in [1.165, 1.54) is 17.0 Å². The Morgan fingerprint density at radius 3 is 2.18 bits per heavy atom. The molecule has 2 amide bonds.